The fourth-order valence-electron chi connectivity index (χ4n) is 3.78. The van der Waals surface area contributed by atoms with Crippen LogP contribution in [0, 0.1) is 0 Å². The molecule has 0 saturated carbocycles. The van der Waals surface area contributed by atoms with Crippen molar-refractivity contribution in [1.29, 1.82) is 0 Å². The van der Waals surface area contributed by atoms with E-state index in [1.807, 2.05) is 30.5 Å². The second-order valence-electron chi connectivity index (χ2n) is 7.76. The molecule has 1 aromatic carbocycles. The monoisotopic (exact) mass is 491 g/mol. The predicted molar refractivity (Wildman–Crippen MR) is 121 cm³/mol. The molecule has 0 amide bonds. The molecule has 2 heterocycles. The zero-order valence-electron chi connectivity index (χ0n) is 18.1. The molecule has 10 heteroatoms. The summed E-state index contributed by atoms with van der Waals surface area (Å²) in [5.41, 5.74) is 2.91. The van der Waals surface area contributed by atoms with E-state index in [1.54, 1.807) is 12.1 Å². The van der Waals surface area contributed by atoms with Crippen LogP contribution in [0.25, 0.3) is 0 Å². The van der Waals surface area contributed by atoms with E-state index in [0.29, 0.717) is 23.8 Å². The molecule has 1 aromatic heterocycles. The van der Waals surface area contributed by atoms with Gasteiger partial charge >= 0.3 is 12.1 Å². The second kappa shape index (κ2) is 9.80. The molecule has 0 fully saturated rings. The molecule has 1 aliphatic carbocycles. The molecular weight excluding hydrogens is 471 g/mol. The number of carbonyl (C=O) groups excluding carboxylic acids is 1. The van der Waals surface area contributed by atoms with E-state index in [4.69, 9.17) is 21.1 Å². The number of esters is 1. The van der Waals surface area contributed by atoms with Crippen molar-refractivity contribution in [3.05, 3.63) is 88.4 Å². The minimum atomic E-state index is -4.38. The van der Waals surface area contributed by atoms with Crippen molar-refractivity contribution in [2.24, 2.45) is 0 Å². The quantitative estimate of drug-likeness (QED) is 0.517. The van der Waals surface area contributed by atoms with Crippen LogP contribution in [0.4, 0.5) is 19.0 Å². The summed E-state index contributed by atoms with van der Waals surface area (Å²) in [6.45, 7) is -0.806. The molecular formula is C24H21ClF3N3O3. The zero-order chi connectivity index (χ0) is 24.3. The van der Waals surface area contributed by atoms with Gasteiger partial charge in [0.05, 0.1) is 18.2 Å². The number of hydrogen-bond acceptors (Lipinski definition) is 6. The predicted octanol–water partition coefficient (Wildman–Crippen LogP) is 5.49. The Morgan fingerprint density at radius 3 is 2.91 bits per heavy atom. The molecule has 2 aliphatic rings. The fourth-order valence-corrected chi connectivity index (χ4v) is 3.94. The maximum Gasteiger partial charge on any atom is 0.422 e. The van der Waals surface area contributed by atoms with Gasteiger partial charge in [-0.15, -0.1) is 0 Å². The van der Waals surface area contributed by atoms with Crippen molar-refractivity contribution in [2.45, 2.75) is 25.2 Å². The van der Waals surface area contributed by atoms with E-state index in [1.165, 1.54) is 25.4 Å². The van der Waals surface area contributed by atoms with Crippen molar-refractivity contribution >= 4 is 23.4 Å². The Morgan fingerprint density at radius 2 is 2.15 bits per heavy atom. The van der Waals surface area contributed by atoms with Crippen LogP contribution in [-0.4, -0.2) is 41.8 Å². The Kier molecular flexibility index (Phi) is 6.83. The Bertz CT molecular complexity index is 1180. The van der Waals surface area contributed by atoms with E-state index < -0.39 is 18.8 Å². The van der Waals surface area contributed by atoms with Crippen molar-refractivity contribution in [3.63, 3.8) is 0 Å². The third-order valence-electron chi connectivity index (χ3n) is 5.32. The highest BCUT2D eigenvalue weighted by atomic mass is 35.5. The van der Waals surface area contributed by atoms with Crippen molar-refractivity contribution in [1.82, 2.24) is 9.88 Å². The van der Waals surface area contributed by atoms with E-state index in [2.05, 4.69) is 15.2 Å². The van der Waals surface area contributed by atoms with E-state index in [9.17, 15) is 18.0 Å². The van der Waals surface area contributed by atoms with Crippen LogP contribution in [0.2, 0.25) is 5.02 Å². The van der Waals surface area contributed by atoms with Crippen LogP contribution in [0.3, 0.4) is 0 Å². The molecule has 1 atom stereocenters. The number of allylic oxidation sites excluding steroid dienone is 1. The van der Waals surface area contributed by atoms with Gasteiger partial charge in [-0.3, -0.25) is 0 Å². The summed E-state index contributed by atoms with van der Waals surface area (Å²) >= 11 is 5.97. The Labute approximate surface area is 199 Å². The zero-order valence-corrected chi connectivity index (χ0v) is 18.9. The smallest absolute Gasteiger partial charge is 0.422 e. The average Bonchev–Trinajstić information content (AvgIpc) is 3.20. The topological polar surface area (TPSA) is 63.7 Å². The maximum atomic E-state index is 12.4. The SMILES string of the molecule is COC(=O)c1cc(Cl)cnc1NC1=CCC2C(=C1)C=CN2Cc1cccc(OCC(F)(F)F)c1. The van der Waals surface area contributed by atoms with E-state index in [-0.39, 0.29) is 17.4 Å². The van der Waals surface area contributed by atoms with Crippen molar-refractivity contribution < 1.29 is 27.4 Å². The molecule has 0 spiro atoms. The van der Waals surface area contributed by atoms with Crippen LogP contribution in [0.1, 0.15) is 22.3 Å². The average molecular weight is 492 g/mol. The van der Waals surface area contributed by atoms with E-state index >= 15 is 0 Å². The molecule has 0 bridgehead atoms. The molecule has 0 saturated heterocycles. The number of nitrogens with one attached hydrogen (secondary N) is 1. The molecule has 178 valence electrons. The lowest BCUT2D eigenvalue weighted by Gasteiger charge is -2.28. The van der Waals surface area contributed by atoms with Gasteiger partial charge < -0.3 is 19.7 Å². The Morgan fingerprint density at radius 1 is 1.32 bits per heavy atom. The number of fused-ring (bicyclic) bond motifs is 1. The number of methoxy groups -OCH3 is 1. The number of pyridine rings is 1. The number of ether oxygens (including phenoxy) is 2. The number of anilines is 1. The summed E-state index contributed by atoms with van der Waals surface area (Å²) in [7, 11) is 1.29. The summed E-state index contributed by atoms with van der Waals surface area (Å²) in [6.07, 6.45) is 5.65. The van der Waals surface area contributed by atoms with Gasteiger partial charge in [0, 0.05) is 24.6 Å². The first-order valence-corrected chi connectivity index (χ1v) is 10.7. The number of rotatable bonds is 7. The minimum Gasteiger partial charge on any atom is -0.484 e. The summed E-state index contributed by atoms with van der Waals surface area (Å²) in [6, 6.07) is 8.23. The molecule has 1 N–H and O–H groups in total. The third-order valence-corrected chi connectivity index (χ3v) is 5.52. The summed E-state index contributed by atoms with van der Waals surface area (Å²) in [4.78, 5) is 18.4. The lowest BCUT2D eigenvalue weighted by atomic mass is 9.98. The van der Waals surface area contributed by atoms with Crippen molar-refractivity contribution in [3.8, 4) is 5.75 Å². The highest BCUT2D eigenvalue weighted by Crippen LogP contribution is 2.32. The van der Waals surface area contributed by atoms with Gasteiger partial charge in [0.15, 0.2) is 6.61 Å². The van der Waals surface area contributed by atoms with E-state index in [0.717, 1.165) is 16.8 Å². The number of aromatic nitrogens is 1. The normalized spacial score (nSPS) is 17.1. The first kappa shape index (κ1) is 23.7. The molecule has 0 radical (unpaired) electrons. The Balaban J connectivity index is 1.42. The molecule has 6 nitrogen and oxygen atoms in total. The lowest BCUT2D eigenvalue weighted by Crippen LogP contribution is -2.29. The summed E-state index contributed by atoms with van der Waals surface area (Å²) < 4.78 is 47.0. The molecule has 4 rings (SSSR count). The minimum absolute atomic E-state index is 0.0866. The van der Waals surface area contributed by atoms with Crippen LogP contribution < -0.4 is 10.1 Å². The number of carbonyl (C=O) groups is 1. The standard InChI is InChI=1S/C24H21ClF3N3O3/c1-33-23(32)20-11-17(25)12-29-22(20)30-18-5-6-21-16(10-18)7-8-31(21)13-15-3-2-4-19(9-15)34-14-24(26,27)28/h2-5,7-12,21H,6,13-14H2,1H3,(H,29,30). The van der Waals surface area contributed by atoms with Gasteiger partial charge in [0.25, 0.3) is 0 Å². The van der Waals surface area contributed by atoms with Gasteiger partial charge in [0.2, 0.25) is 0 Å². The number of benzene rings is 1. The van der Waals surface area contributed by atoms with Crippen LogP contribution >= 0.6 is 11.6 Å². The molecule has 2 aromatic rings. The van der Waals surface area contributed by atoms with Gasteiger partial charge in [-0.05, 0) is 47.9 Å². The number of alkyl halides is 3. The molecule has 1 unspecified atom stereocenters. The number of nitrogens with zero attached hydrogens (tertiary/aromatic N) is 2. The number of hydrogen-bond donors (Lipinski definition) is 1. The lowest BCUT2D eigenvalue weighted by molar-refractivity contribution is -0.153. The van der Waals surface area contributed by atoms with Gasteiger partial charge in [-0.1, -0.05) is 29.8 Å². The first-order valence-electron chi connectivity index (χ1n) is 10.4. The second-order valence-corrected chi connectivity index (χ2v) is 8.20. The Hall–Kier alpha value is -3.46. The van der Waals surface area contributed by atoms with Crippen LogP contribution in [-0.2, 0) is 11.3 Å². The van der Waals surface area contributed by atoms with Crippen molar-refractivity contribution in [2.75, 3.05) is 19.0 Å². The number of halogens is 4. The fraction of sp³-hybridized carbons (Fsp3) is 0.250. The maximum absolute atomic E-state index is 12.4. The van der Waals surface area contributed by atoms with Crippen LogP contribution in [0.5, 0.6) is 5.75 Å². The van der Waals surface area contributed by atoms with Gasteiger partial charge in [-0.25, -0.2) is 9.78 Å². The third kappa shape index (κ3) is 5.72. The molecule has 1 aliphatic heterocycles. The highest BCUT2D eigenvalue weighted by molar-refractivity contribution is 6.30. The van der Waals surface area contributed by atoms with Crippen LogP contribution in [0.15, 0.2) is 72.2 Å². The largest absolute Gasteiger partial charge is 0.484 e. The summed E-state index contributed by atoms with van der Waals surface area (Å²) in [5.74, 6) is -0.0270. The first-order chi connectivity index (χ1) is 16.2. The highest BCUT2D eigenvalue weighted by Gasteiger charge is 2.29. The van der Waals surface area contributed by atoms with Gasteiger partial charge in [-0.2, -0.15) is 13.2 Å². The molecule has 34 heavy (non-hydrogen) atoms. The summed E-state index contributed by atoms with van der Waals surface area (Å²) in [5, 5.41) is 3.48. The van der Waals surface area contributed by atoms with Gasteiger partial charge in [0.1, 0.15) is 17.1 Å².